The highest BCUT2D eigenvalue weighted by molar-refractivity contribution is 5.89. The summed E-state index contributed by atoms with van der Waals surface area (Å²) in [6, 6.07) is 52.9. The average Bonchev–Trinajstić information content (AvgIpc) is 4.15. The molecule has 0 bridgehead atoms. The number of rotatable bonds is 24. The summed E-state index contributed by atoms with van der Waals surface area (Å²) < 4.78 is 23.7. The number of hydrogen-bond donors (Lipinski definition) is 1. The molecule has 0 aliphatic carbocycles. The Labute approximate surface area is 464 Å². The molecule has 0 radical (unpaired) electrons. The number of ether oxygens (including phenoxy) is 4. The van der Waals surface area contributed by atoms with Gasteiger partial charge in [-0.3, -0.25) is 29.2 Å². The lowest BCUT2D eigenvalue weighted by molar-refractivity contribution is -0.159. The number of likely N-dealkylation sites (N-methyl/N-ethyl adjacent to an activating group) is 1. The van der Waals surface area contributed by atoms with Crippen LogP contribution in [0.1, 0.15) is 100 Å². The summed E-state index contributed by atoms with van der Waals surface area (Å²) in [5.74, 6) is 4.00. The lowest BCUT2D eigenvalue weighted by Gasteiger charge is -2.52. The van der Waals surface area contributed by atoms with Crippen molar-refractivity contribution in [3.8, 4) is 34.5 Å². The van der Waals surface area contributed by atoms with Crippen LogP contribution in [0.3, 0.4) is 0 Å². The fourth-order valence-corrected chi connectivity index (χ4v) is 12.5. The summed E-state index contributed by atoms with van der Waals surface area (Å²) in [6.07, 6.45) is 6.28. The van der Waals surface area contributed by atoms with E-state index in [2.05, 4.69) is 117 Å². The highest BCUT2D eigenvalue weighted by atomic mass is 16.5. The van der Waals surface area contributed by atoms with Crippen molar-refractivity contribution in [2.45, 2.75) is 115 Å². The van der Waals surface area contributed by atoms with E-state index in [0.717, 1.165) is 127 Å². The molecule has 3 aliphatic heterocycles. The largest absolute Gasteiger partial charge is 0.493 e. The van der Waals surface area contributed by atoms with Crippen molar-refractivity contribution in [1.29, 1.82) is 0 Å². The second-order valence-electron chi connectivity index (χ2n) is 21.3. The number of carbonyl (C=O) groups excluding carboxylic acids is 2. The lowest BCUT2D eigenvalue weighted by Crippen LogP contribution is -2.65. The van der Waals surface area contributed by atoms with Crippen LogP contribution in [0.5, 0.6) is 34.5 Å². The SMILES string of the molecule is CCN(CC)C(CC)(C(=O)N(C1CCN(Cc2cccc(Oc3ccccc3OC)c2)CC1)C(CC(C(=O)NC1CCN(Cc2cccc(Oc3ccccc3OC)c2)CC1)c1ccccc1)N1CCCC1)c1ccccc1. The zero-order valence-corrected chi connectivity index (χ0v) is 46.7. The molecule has 6 aromatic rings. The maximum absolute atomic E-state index is 16.7. The first-order valence-electron chi connectivity index (χ1n) is 28.7. The van der Waals surface area contributed by atoms with Crippen LogP contribution in [-0.2, 0) is 28.2 Å². The first kappa shape index (κ1) is 56.0. The zero-order chi connectivity index (χ0) is 54.3. The Morgan fingerprint density at radius 2 is 1.08 bits per heavy atom. The molecule has 3 fully saturated rings. The minimum Gasteiger partial charge on any atom is -0.493 e. The summed E-state index contributed by atoms with van der Waals surface area (Å²) in [5.41, 5.74) is 3.46. The van der Waals surface area contributed by atoms with Gasteiger partial charge in [-0.1, -0.05) is 130 Å². The quantitative estimate of drug-likeness (QED) is 0.0631. The van der Waals surface area contributed by atoms with E-state index >= 15 is 9.59 Å². The number of benzene rings is 6. The molecule has 3 heterocycles. The fourth-order valence-electron chi connectivity index (χ4n) is 12.5. The highest BCUT2D eigenvalue weighted by Crippen LogP contribution is 2.41. The molecule has 1 N–H and O–H groups in total. The monoisotopic (exact) mass is 1050 g/mol. The normalized spacial score (nSPS) is 17.5. The van der Waals surface area contributed by atoms with Gasteiger partial charge < -0.3 is 29.2 Å². The molecule has 2 amide bonds. The van der Waals surface area contributed by atoms with Gasteiger partial charge in [0.25, 0.3) is 0 Å². The zero-order valence-electron chi connectivity index (χ0n) is 46.7. The molecule has 3 saturated heterocycles. The van der Waals surface area contributed by atoms with Crippen molar-refractivity contribution in [2.24, 2.45) is 0 Å². The third-order valence-corrected chi connectivity index (χ3v) is 16.6. The van der Waals surface area contributed by atoms with E-state index in [0.29, 0.717) is 35.8 Å². The first-order chi connectivity index (χ1) is 38.2. The molecule has 412 valence electrons. The number of nitrogens with one attached hydrogen (secondary N) is 1. The third-order valence-electron chi connectivity index (χ3n) is 16.6. The van der Waals surface area contributed by atoms with Gasteiger partial charge in [0.1, 0.15) is 17.0 Å². The Hall–Kier alpha value is -6.70. The highest BCUT2D eigenvalue weighted by Gasteiger charge is 2.50. The number of likely N-dealkylation sites (tertiary alicyclic amines) is 3. The van der Waals surface area contributed by atoms with Gasteiger partial charge in [-0.05, 0) is 135 Å². The topological polar surface area (TPSA) is 99.3 Å². The summed E-state index contributed by atoms with van der Waals surface area (Å²) in [6.45, 7) is 14.7. The van der Waals surface area contributed by atoms with Gasteiger partial charge in [-0.2, -0.15) is 0 Å². The number of carbonyl (C=O) groups is 2. The molecule has 6 aromatic carbocycles. The van der Waals surface area contributed by atoms with Crippen molar-refractivity contribution in [3.05, 3.63) is 180 Å². The fraction of sp³-hybridized carbons (Fsp3) is 0.424. The van der Waals surface area contributed by atoms with E-state index in [1.165, 1.54) is 11.1 Å². The minimum atomic E-state index is -0.899. The summed E-state index contributed by atoms with van der Waals surface area (Å²) in [7, 11) is 3.31. The first-order valence-corrected chi connectivity index (χ1v) is 28.7. The van der Waals surface area contributed by atoms with Crippen molar-refractivity contribution in [1.82, 2.24) is 29.8 Å². The Morgan fingerprint density at radius 3 is 1.58 bits per heavy atom. The van der Waals surface area contributed by atoms with Gasteiger partial charge >= 0.3 is 0 Å². The smallest absolute Gasteiger partial charge is 0.249 e. The van der Waals surface area contributed by atoms with Crippen LogP contribution in [0.15, 0.2) is 158 Å². The van der Waals surface area contributed by atoms with Crippen LogP contribution in [0.2, 0.25) is 0 Å². The summed E-state index contributed by atoms with van der Waals surface area (Å²) in [5, 5.41) is 3.60. The van der Waals surface area contributed by atoms with E-state index in [1.54, 1.807) is 14.2 Å². The maximum atomic E-state index is 16.7. The maximum Gasteiger partial charge on any atom is 0.249 e. The van der Waals surface area contributed by atoms with Gasteiger partial charge in [0.2, 0.25) is 11.8 Å². The summed E-state index contributed by atoms with van der Waals surface area (Å²) >= 11 is 0. The molecule has 3 aliphatic rings. The molecule has 9 rings (SSSR count). The Kier molecular flexibility index (Phi) is 19.6. The van der Waals surface area contributed by atoms with E-state index in [4.69, 9.17) is 18.9 Å². The molecule has 0 saturated carbocycles. The van der Waals surface area contributed by atoms with E-state index < -0.39 is 11.5 Å². The van der Waals surface area contributed by atoms with Crippen molar-refractivity contribution in [3.63, 3.8) is 0 Å². The number of piperidine rings is 2. The van der Waals surface area contributed by atoms with Crippen LogP contribution >= 0.6 is 0 Å². The van der Waals surface area contributed by atoms with E-state index in [-0.39, 0.29) is 30.1 Å². The van der Waals surface area contributed by atoms with Crippen LogP contribution in [0.4, 0.5) is 0 Å². The minimum absolute atomic E-state index is 0.0365. The van der Waals surface area contributed by atoms with Crippen LogP contribution < -0.4 is 24.3 Å². The van der Waals surface area contributed by atoms with Gasteiger partial charge in [-0.25, -0.2) is 0 Å². The Bertz CT molecular complexity index is 2830. The number of para-hydroxylation sites is 4. The molecule has 0 aromatic heterocycles. The van der Waals surface area contributed by atoms with Gasteiger partial charge in [-0.15, -0.1) is 0 Å². The van der Waals surface area contributed by atoms with E-state index in [9.17, 15) is 0 Å². The van der Waals surface area contributed by atoms with Gasteiger partial charge in [0.15, 0.2) is 23.0 Å². The molecular formula is C66H82N6O6. The molecule has 78 heavy (non-hydrogen) atoms. The van der Waals surface area contributed by atoms with Crippen LogP contribution in [0, 0.1) is 0 Å². The van der Waals surface area contributed by atoms with Crippen LogP contribution in [-0.4, -0.2) is 121 Å². The molecule has 0 spiro atoms. The molecule has 3 unspecified atom stereocenters. The number of amides is 2. The predicted octanol–water partition coefficient (Wildman–Crippen LogP) is 12.1. The van der Waals surface area contributed by atoms with Crippen LogP contribution in [0.25, 0.3) is 0 Å². The number of nitrogens with zero attached hydrogens (tertiary/aromatic N) is 5. The lowest BCUT2D eigenvalue weighted by atomic mass is 9.81. The number of hydrogen-bond acceptors (Lipinski definition) is 10. The molecule has 3 atom stereocenters. The van der Waals surface area contributed by atoms with Crippen molar-refractivity contribution < 1.29 is 28.5 Å². The Morgan fingerprint density at radius 1 is 0.590 bits per heavy atom. The molecule has 12 nitrogen and oxygen atoms in total. The van der Waals surface area contributed by atoms with Crippen molar-refractivity contribution in [2.75, 3.05) is 66.6 Å². The second-order valence-corrected chi connectivity index (χ2v) is 21.3. The third kappa shape index (κ3) is 13.4. The molecular weight excluding hydrogens is 973 g/mol. The predicted molar refractivity (Wildman–Crippen MR) is 310 cm³/mol. The van der Waals surface area contributed by atoms with Crippen molar-refractivity contribution >= 4 is 11.8 Å². The van der Waals surface area contributed by atoms with Gasteiger partial charge in [0, 0.05) is 64.4 Å². The number of methoxy groups -OCH3 is 2. The van der Waals surface area contributed by atoms with E-state index in [1.807, 2.05) is 91.0 Å². The summed E-state index contributed by atoms with van der Waals surface area (Å²) in [4.78, 5) is 44.2. The van der Waals surface area contributed by atoms with Gasteiger partial charge in [0.05, 0.1) is 26.3 Å². The standard InChI is InChI=1S/C66H82N6O6/c1-6-66(71(7-2)8-3,53-27-13-10-14-28-53)65(74)72(55-37-43-69(44-38-55)49-51-24-22-30-57(46-51)78-62-34-18-16-32-60(62)76-5)63(70-39-19-20-40-70)47-58(52-25-11-9-12-26-52)64(73)67-54-35-41-68(42-36-54)48-50-23-21-29-56(45-50)77-61-33-17-15-31-59(61)75-4/h9-18,21-34,45-46,54-55,58,63H,6-8,19-20,35-44,47-49H2,1-5H3,(H,67,73). The Balaban J connectivity index is 0.960. The molecule has 12 heteroatoms. The second kappa shape index (κ2) is 27.3. The average molecular weight is 1060 g/mol.